The van der Waals surface area contributed by atoms with E-state index >= 15 is 0 Å². The topological polar surface area (TPSA) is 0 Å². The van der Waals surface area contributed by atoms with Gasteiger partial charge >= 0.3 is 28.2 Å². The zero-order valence-corrected chi connectivity index (χ0v) is 5.84. The minimum absolute atomic E-state index is 1.50. The van der Waals surface area contributed by atoms with E-state index in [-0.39, 0.29) is 0 Å². The summed E-state index contributed by atoms with van der Waals surface area (Å²) >= 11 is 1.61. The molecule has 0 aromatic carbocycles. The fourth-order valence-corrected chi connectivity index (χ4v) is 0. The van der Waals surface area contributed by atoms with Gasteiger partial charge in [0.05, 0.1) is 0 Å². The normalized spacial score (nSPS) is 15.8. The molecule has 0 atom stereocenters. The van der Waals surface area contributed by atoms with Crippen LogP contribution in [0.4, 0.5) is 0 Å². The average molecular weight is 273 g/mol. The Hall–Kier alpha value is 0.978. The zero-order valence-electron chi connectivity index (χ0n) is 2.82. The predicted octanol–water partition coefficient (Wildman–Crippen LogP) is 1.86. The van der Waals surface area contributed by atoms with Gasteiger partial charge < -0.3 is 0 Å². The first kappa shape index (κ1) is 5.98. The molecule has 0 nitrogen and oxygen atoms in total. The van der Waals surface area contributed by atoms with Crippen molar-refractivity contribution < 1.29 is 18.8 Å². The number of halogens is 1. The molecule has 0 heterocycles. The molecule has 1 saturated carbocycles. The maximum absolute atomic E-state index is 4.61. The Kier molecular flexibility index (Phi) is 5.95. The van der Waals surface area contributed by atoms with E-state index in [1.54, 1.807) is 18.8 Å². The predicted molar refractivity (Wildman–Crippen MR) is 19.7 cm³/mol. The van der Waals surface area contributed by atoms with Gasteiger partial charge in [-0.05, 0) is 0 Å². The fourth-order valence-electron chi connectivity index (χ4n) is 0. The standard InChI is InChI=1S/C3H6.ClH.Pt/c1-2-3-1;;/h1-3H2;1H;/q;;+1/p-1. The zero-order chi connectivity index (χ0) is 4.12. The molecule has 5 heavy (non-hydrogen) atoms. The quantitative estimate of drug-likeness (QED) is 0.631. The Labute approximate surface area is 47.7 Å². The van der Waals surface area contributed by atoms with E-state index in [1.807, 2.05) is 0 Å². The molecule has 0 unspecified atom stereocenters. The summed E-state index contributed by atoms with van der Waals surface area (Å²) in [7, 11) is 4.61. The van der Waals surface area contributed by atoms with Gasteiger partial charge in [0, 0.05) is 0 Å². The Balaban J connectivity index is 0.0000000733. The maximum atomic E-state index is 4.61. The first-order valence-corrected chi connectivity index (χ1v) is 4.44. The van der Waals surface area contributed by atoms with Crippen LogP contribution in [0.3, 0.4) is 0 Å². The van der Waals surface area contributed by atoms with Crippen LogP contribution in [0.15, 0.2) is 0 Å². The van der Waals surface area contributed by atoms with E-state index in [4.69, 9.17) is 0 Å². The Morgan fingerprint density at radius 1 is 1.00 bits per heavy atom. The second-order valence-electron chi connectivity index (χ2n) is 1.06. The summed E-state index contributed by atoms with van der Waals surface area (Å²) in [6.45, 7) is 0. The Morgan fingerprint density at radius 2 is 1.20 bits per heavy atom. The molecule has 1 aliphatic rings. The molecule has 0 amide bonds. The van der Waals surface area contributed by atoms with Crippen molar-refractivity contribution in [3.8, 4) is 0 Å². The minimum atomic E-state index is 1.50. The summed E-state index contributed by atoms with van der Waals surface area (Å²) in [5.74, 6) is 0. The first-order valence-electron chi connectivity index (χ1n) is 1.62. The average Bonchev–Trinajstić information content (AvgIpc) is 2.19. The molecule has 0 aromatic heterocycles. The molecule has 1 aliphatic carbocycles. The van der Waals surface area contributed by atoms with E-state index in [2.05, 4.69) is 9.42 Å². The van der Waals surface area contributed by atoms with E-state index < -0.39 is 0 Å². The summed E-state index contributed by atoms with van der Waals surface area (Å²) in [6.07, 6.45) is 4.50. The molecule has 1 rings (SSSR count). The van der Waals surface area contributed by atoms with Crippen molar-refractivity contribution in [3.63, 3.8) is 0 Å². The van der Waals surface area contributed by atoms with Gasteiger partial charge in [-0.25, -0.2) is 0 Å². The Morgan fingerprint density at radius 3 is 1.20 bits per heavy atom. The third-order valence-corrected chi connectivity index (χ3v) is 0.354. The molecule has 0 saturated heterocycles. The van der Waals surface area contributed by atoms with Crippen molar-refractivity contribution >= 4 is 9.42 Å². The SMILES string of the molecule is C1CC1.[Cl][Pt]. The molecule has 0 N–H and O–H groups in total. The first-order chi connectivity index (χ1) is 2.50. The van der Waals surface area contributed by atoms with Crippen molar-refractivity contribution in [2.75, 3.05) is 0 Å². The van der Waals surface area contributed by atoms with Gasteiger partial charge in [0.25, 0.3) is 0 Å². The number of hydrogen-bond acceptors (Lipinski definition) is 0. The van der Waals surface area contributed by atoms with Crippen LogP contribution in [0.1, 0.15) is 19.3 Å². The number of hydrogen-bond donors (Lipinski definition) is 0. The van der Waals surface area contributed by atoms with Crippen molar-refractivity contribution in [2.24, 2.45) is 0 Å². The molecular formula is C3H6ClPt. The molecule has 35 valence electrons. The molecule has 0 aromatic rings. The van der Waals surface area contributed by atoms with E-state index in [0.29, 0.717) is 0 Å². The summed E-state index contributed by atoms with van der Waals surface area (Å²) < 4.78 is 0. The second kappa shape index (κ2) is 4.98. The van der Waals surface area contributed by atoms with Crippen LogP contribution in [0.2, 0.25) is 0 Å². The summed E-state index contributed by atoms with van der Waals surface area (Å²) in [5, 5.41) is 0. The van der Waals surface area contributed by atoms with Crippen molar-refractivity contribution in [1.29, 1.82) is 0 Å². The molecule has 0 aliphatic heterocycles. The van der Waals surface area contributed by atoms with E-state index in [1.165, 1.54) is 19.3 Å². The van der Waals surface area contributed by atoms with Gasteiger partial charge in [-0.15, -0.1) is 0 Å². The summed E-state index contributed by atoms with van der Waals surface area (Å²) in [6, 6.07) is 0. The fraction of sp³-hybridized carbons (Fsp3) is 1.00. The van der Waals surface area contributed by atoms with Crippen molar-refractivity contribution in [3.05, 3.63) is 0 Å². The monoisotopic (exact) mass is 272 g/mol. The van der Waals surface area contributed by atoms with Crippen molar-refractivity contribution in [1.82, 2.24) is 0 Å². The summed E-state index contributed by atoms with van der Waals surface area (Å²) in [4.78, 5) is 0. The van der Waals surface area contributed by atoms with Crippen LogP contribution in [0.25, 0.3) is 0 Å². The van der Waals surface area contributed by atoms with Crippen LogP contribution >= 0.6 is 9.42 Å². The molecule has 2 heteroatoms. The van der Waals surface area contributed by atoms with Gasteiger partial charge in [-0.1, -0.05) is 19.3 Å². The third kappa shape index (κ3) is 11.3. The molecule has 0 spiro atoms. The second-order valence-corrected chi connectivity index (χ2v) is 1.06. The van der Waals surface area contributed by atoms with Crippen molar-refractivity contribution in [2.45, 2.75) is 19.3 Å². The van der Waals surface area contributed by atoms with Crippen LogP contribution in [-0.2, 0) is 18.8 Å². The van der Waals surface area contributed by atoms with Gasteiger partial charge in [0.15, 0.2) is 0 Å². The van der Waals surface area contributed by atoms with Gasteiger partial charge in [-0.3, -0.25) is 0 Å². The number of rotatable bonds is 0. The Bertz CT molecular complexity index is 11.6. The molecule has 0 radical (unpaired) electrons. The van der Waals surface area contributed by atoms with Crippen LogP contribution < -0.4 is 0 Å². The summed E-state index contributed by atoms with van der Waals surface area (Å²) in [5.41, 5.74) is 0. The van der Waals surface area contributed by atoms with Gasteiger partial charge in [0.2, 0.25) is 0 Å². The van der Waals surface area contributed by atoms with E-state index in [9.17, 15) is 0 Å². The van der Waals surface area contributed by atoms with Gasteiger partial charge in [-0.2, -0.15) is 0 Å². The van der Waals surface area contributed by atoms with Crippen LogP contribution in [-0.4, -0.2) is 0 Å². The van der Waals surface area contributed by atoms with Crippen LogP contribution in [0.5, 0.6) is 0 Å². The van der Waals surface area contributed by atoms with E-state index in [0.717, 1.165) is 0 Å². The third-order valence-electron chi connectivity index (χ3n) is 0.354. The molecule has 1 fully saturated rings. The van der Waals surface area contributed by atoms with Crippen LogP contribution in [0, 0.1) is 0 Å². The van der Waals surface area contributed by atoms with Gasteiger partial charge in [0.1, 0.15) is 0 Å². The molecule has 0 bridgehead atoms. The molecular weight excluding hydrogens is 267 g/mol.